The van der Waals surface area contributed by atoms with Gasteiger partial charge in [-0.3, -0.25) is 0 Å². The second kappa shape index (κ2) is 10.7. The maximum atomic E-state index is 13.2. The van der Waals surface area contributed by atoms with Gasteiger partial charge in [0.15, 0.2) is 0 Å². The Morgan fingerprint density at radius 3 is 2.42 bits per heavy atom. The van der Waals surface area contributed by atoms with E-state index >= 15 is 0 Å². The van der Waals surface area contributed by atoms with Crippen molar-refractivity contribution >= 4 is 21.8 Å². The molecule has 186 valence electrons. The van der Waals surface area contributed by atoms with Crippen molar-refractivity contribution in [2.24, 2.45) is 0 Å². The fraction of sp³-hybridized carbons (Fsp3) is 0.148. The van der Waals surface area contributed by atoms with Crippen molar-refractivity contribution < 1.29 is 26.2 Å². The van der Waals surface area contributed by atoms with Gasteiger partial charge in [-0.15, -0.1) is 0 Å². The van der Waals surface area contributed by atoms with Crippen LogP contribution >= 0.6 is 0 Å². The van der Waals surface area contributed by atoms with Crippen molar-refractivity contribution in [3.63, 3.8) is 0 Å². The zero-order valence-electron chi connectivity index (χ0n) is 19.8. The summed E-state index contributed by atoms with van der Waals surface area (Å²) in [6.45, 7) is 4.32. The Hall–Kier alpha value is -4.11. The van der Waals surface area contributed by atoms with E-state index in [1.54, 1.807) is 35.2 Å². The summed E-state index contributed by atoms with van der Waals surface area (Å²) in [5.41, 5.74) is 3.48. The highest BCUT2D eigenvalue weighted by molar-refractivity contribution is 7.87. The third-order valence-electron chi connectivity index (χ3n) is 5.55. The van der Waals surface area contributed by atoms with Crippen molar-refractivity contribution in [1.82, 2.24) is 4.90 Å². The van der Waals surface area contributed by atoms with E-state index in [4.69, 9.17) is 8.60 Å². The number of nitrogens with zero attached hydrogens (tertiary/aromatic N) is 1. The van der Waals surface area contributed by atoms with E-state index in [1.165, 1.54) is 12.3 Å². The minimum atomic E-state index is -4.16. The quantitative estimate of drug-likeness (QED) is 0.293. The number of aryl methyl sites for hydroxylation is 2. The van der Waals surface area contributed by atoms with Gasteiger partial charge in [0, 0.05) is 12.2 Å². The van der Waals surface area contributed by atoms with Crippen molar-refractivity contribution in [1.29, 1.82) is 0 Å². The number of carbonyl (C=O) groups is 1. The molecule has 2 amide bonds. The largest absolute Gasteiger partial charge is 0.467 e. The Kier molecular flexibility index (Phi) is 7.40. The van der Waals surface area contributed by atoms with Gasteiger partial charge in [0.05, 0.1) is 12.8 Å². The molecule has 7 nitrogen and oxygen atoms in total. The Bertz CT molecular complexity index is 1450. The monoisotopic (exact) mass is 508 g/mol. The summed E-state index contributed by atoms with van der Waals surface area (Å²) in [5, 5.41) is 2.91. The van der Waals surface area contributed by atoms with E-state index in [0.29, 0.717) is 17.0 Å². The fourth-order valence-electron chi connectivity index (χ4n) is 3.50. The van der Waals surface area contributed by atoms with Crippen molar-refractivity contribution in [3.05, 3.63) is 113 Å². The normalized spacial score (nSPS) is 11.2. The number of halogens is 1. The highest BCUT2D eigenvalue weighted by Crippen LogP contribution is 2.22. The van der Waals surface area contributed by atoms with Crippen LogP contribution in [0.15, 0.2) is 94.4 Å². The number of hydrogen-bond acceptors (Lipinski definition) is 5. The molecule has 0 bridgehead atoms. The van der Waals surface area contributed by atoms with Crippen LogP contribution < -0.4 is 9.50 Å². The number of nitrogens with one attached hydrogen (secondary N) is 1. The summed E-state index contributed by atoms with van der Waals surface area (Å²) >= 11 is 0. The number of hydrogen-bond donors (Lipinski definition) is 1. The van der Waals surface area contributed by atoms with Crippen LogP contribution in [0, 0.1) is 19.7 Å². The highest BCUT2D eigenvalue weighted by Gasteiger charge is 2.19. The Morgan fingerprint density at radius 1 is 0.944 bits per heavy atom. The summed E-state index contributed by atoms with van der Waals surface area (Å²) in [7, 11) is -4.16. The summed E-state index contributed by atoms with van der Waals surface area (Å²) in [5.74, 6) is 0.118. The number of rotatable bonds is 8. The Morgan fingerprint density at radius 2 is 1.72 bits per heavy atom. The predicted octanol–water partition coefficient (Wildman–Crippen LogP) is 6.04. The molecule has 0 saturated heterocycles. The van der Waals surface area contributed by atoms with Gasteiger partial charge in [0.2, 0.25) is 0 Å². The van der Waals surface area contributed by atoms with Crippen LogP contribution in [0.25, 0.3) is 0 Å². The maximum Gasteiger partial charge on any atom is 0.339 e. The fourth-order valence-corrected chi connectivity index (χ4v) is 4.43. The third kappa shape index (κ3) is 6.31. The summed E-state index contributed by atoms with van der Waals surface area (Å²) in [6, 6.07) is 19.6. The van der Waals surface area contributed by atoms with E-state index in [1.807, 2.05) is 32.0 Å². The van der Waals surface area contributed by atoms with E-state index in [0.717, 1.165) is 35.4 Å². The minimum Gasteiger partial charge on any atom is -0.467 e. The number of benzene rings is 3. The lowest BCUT2D eigenvalue weighted by Crippen LogP contribution is -2.34. The van der Waals surface area contributed by atoms with Crippen LogP contribution in [-0.4, -0.2) is 19.3 Å². The number of anilines is 1. The predicted molar refractivity (Wildman–Crippen MR) is 134 cm³/mol. The van der Waals surface area contributed by atoms with Crippen molar-refractivity contribution in [2.75, 3.05) is 5.32 Å². The van der Waals surface area contributed by atoms with Crippen LogP contribution in [0.5, 0.6) is 5.75 Å². The lowest BCUT2D eigenvalue weighted by atomic mass is 10.1. The molecule has 1 N–H and O–H groups in total. The molecule has 0 radical (unpaired) electrons. The molecule has 0 spiro atoms. The van der Waals surface area contributed by atoms with Gasteiger partial charge in [0.1, 0.15) is 22.2 Å². The van der Waals surface area contributed by atoms with Gasteiger partial charge in [-0.05, 0) is 91.2 Å². The lowest BCUT2D eigenvalue weighted by molar-refractivity contribution is 0.201. The Labute approximate surface area is 209 Å². The number of urea groups is 1. The van der Waals surface area contributed by atoms with Gasteiger partial charge in [-0.25, -0.2) is 9.18 Å². The molecular weight excluding hydrogens is 483 g/mol. The topological polar surface area (TPSA) is 88.9 Å². The number of furan rings is 1. The smallest absolute Gasteiger partial charge is 0.339 e. The summed E-state index contributed by atoms with van der Waals surface area (Å²) < 4.78 is 49.0. The van der Waals surface area contributed by atoms with Gasteiger partial charge >= 0.3 is 16.1 Å². The number of carbonyl (C=O) groups excluding carboxylic acids is 1. The Balaban J connectivity index is 1.53. The van der Waals surface area contributed by atoms with E-state index < -0.39 is 15.9 Å². The molecule has 9 heteroatoms. The third-order valence-corrected chi connectivity index (χ3v) is 6.81. The standard InChI is InChI=1S/C27H25FN2O5S/c1-19-8-11-23(15-20(19)2)29-27(31)30(18-25-7-4-14-34-25)17-21-5-3-6-24(16-21)35-36(32,33)26-12-9-22(28)10-13-26/h3-16H,17-18H2,1-2H3,(H,29,31). The van der Waals surface area contributed by atoms with Gasteiger partial charge < -0.3 is 18.8 Å². The van der Waals surface area contributed by atoms with Crippen LogP contribution in [0.4, 0.5) is 14.9 Å². The molecular formula is C27H25FN2O5S. The minimum absolute atomic E-state index is 0.0735. The van der Waals surface area contributed by atoms with Crippen LogP contribution in [0.3, 0.4) is 0 Å². The summed E-state index contributed by atoms with van der Waals surface area (Å²) in [6.07, 6.45) is 1.53. The molecule has 0 aliphatic carbocycles. The molecule has 1 heterocycles. The average molecular weight is 509 g/mol. The zero-order valence-corrected chi connectivity index (χ0v) is 20.6. The molecule has 4 aromatic rings. The van der Waals surface area contributed by atoms with E-state index in [2.05, 4.69) is 5.32 Å². The molecule has 3 aromatic carbocycles. The SMILES string of the molecule is Cc1ccc(NC(=O)N(Cc2cccc(OS(=O)(=O)c3ccc(F)cc3)c2)Cc2ccco2)cc1C. The average Bonchev–Trinajstić information content (AvgIpc) is 3.34. The van der Waals surface area contributed by atoms with Crippen LogP contribution in [0.2, 0.25) is 0 Å². The molecule has 4 rings (SSSR count). The molecule has 0 saturated carbocycles. The highest BCUT2D eigenvalue weighted by atomic mass is 32.2. The first-order valence-electron chi connectivity index (χ1n) is 11.1. The molecule has 0 aliphatic rings. The van der Waals surface area contributed by atoms with Gasteiger partial charge in [-0.1, -0.05) is 18.2 Å². The van der Waals surface area contributed by atoms with Crippen LogP contribution in [-0.2, 0) is 23.2 Å². The first-order chi connectivity index (χ1) is 17.2. The van der Waals surface area contributed by atoms with Crippen LogP contribution in [0.1, 0.15) is 22.5 Å². The summed E-state index contributed by atoms with van der Waals surface area (Å²) in [4.78, 5) is 14.6. The van der Waals surface area contributed by atoms with E-state index in [-0.39, 0.29) is 29.8 Å². The van der Waals surface area contributed by atoms with Gasteiger partial charge in [-0.2, -0.15) is 8.42 Å². The molecule has 36 heavy (non-hydrogen) atoms. The van der Waals surface area contributed by atoms with Gasteiger partial charge in [0.25, 0.3) is 0 Å². The first kappa shape index (κ1) is 25.0. The second-order valence-corrected chi connectivity index (χ2v) is 9.85. The molecule has 0 unspecified atom stereocenters. The maximum absolute atomic E-state index is 13.2. The van der Waals surface area contributed by atoms with Crippen molar-refractivity contribution in [2.45, 2.75) is 31.8 Å². The zero-order chi connectivity index (χ0) is 25.7. The number of amides is 2. The molecule has 1 aromatic heterocycles. The second-order valence-electron chi connectivity index (χ2n) is 8.30. The molecule has 0 atom stereocenters. The van der Waals surface area contributed by atoms with Crippen molar-refractivity contribution in [3.8, 4) is 5.75 Å². The molecule has 0 aliphatic heterocycles. The first-order valence-corrected chi connectivity index (χ1v) is 12.5. The lowest BCUT2D eigenvalue weighted by Gasteiger charge is -2.23. The van der Waals surface area contributed by atoms with E-state index in [9.17, 15) is 17.6 Å². The molecule has 0 fully saturated rings.